The molecule has 2 aliphatic heterocycles. The van der Waals surface area contributed by atoms with Gasteiger partial charge in [0.2, 0.25) is 0 Å². The summed E-state index contributed by atoms with van der Waals surface area (Å²) >= 11 is 0. The molecule has 2 heterocycles. The van der Waals surface area contributed by atoms with E-state index in [0.29, 0.717) is 12.6 Å². The zero-order chi connectivity index (χ0) is 19.5. The van der Waals surface area contributed by atoms with Crippen molar-refractivity contribution in [2.24, 2.45) is 10.2 Å². The van der Waals surface area contributed by atoms with Crippen molar-refractivity contribution in [2.75, 3.05) is 33.3 Å². The van der Waals surface area contributed by atoms with Crippen molar-refractivity contribution >= 4 is 10.8 Å². The fourth-order valence-corrected chi connectivity index (χ4v) is 4.04. The van der Waals surface area contributed by atoms with Crippen LogP contribution in [-0.4, -0.2) is 59.3 Å². The third-order valence-electron chi connectivity index (χ3n) is 5.47. The minimum Gasteiger partial charge on any atom is -0.507 e. The number of hydrogen-bond acceptors (Lipinski definition) is 7. The van der Waals surface area contributed by atoms with Crippen LogP contribution in [0.1, 0.15) is 24.6 Å². The molecule has 148 valence electrons. The van der Waals surface area contributed by atoms with Gasteiger partial charge in [-0.15, -0.1) is 5.11 Å². The summed E-state index contributed by atoms with van der Waals surface area (Å²) in [6, 6.07) is 12.0. The Morgan fingerprint density at radius 2 is 2.07 bits per heavy atom. The van der Waals surface area contributed by atoms with Crippen LogP contribution < -0.4 is 5.32 Å². The van der Waals surface area contributed by atoms with Crippen molar-refractivity contribution in [3.8, 4) is 5.75 Å². The van der Waals surface area contributed by atoms with Crippen LogP contribution in [0.2, 0.25) is 0 Å². The molecular formula is C21H27N5O2. The number of nitrogens with zero attached hydrogens (tertiary/aromatic N) is 4. The summed E-state index contributed by atoms with van der Waals surface area (Å²) in [5, 5.41) is 34.0. The Balaban J connectivity index is 1.47. The van der Waals surface area contributed by atoms with E-state index in [0.717, 1.165) is 48.1 Å². The van der Waals surface area contributed by atoms with Crippen LogP contribution in [0.4, 0.5) is 0 Å². The molecule has 1 unspecified atom stereocenters. The van der Waals surface area contributed by atoms with Gasteiger partial charge in [-0.2, -0.15) is 5.11 Å². The lowest BCUT2D eigenvalue weighted by molar-refractivity contribution is 0.154. The van der Waals surface area contributed by atoms with E-state index < -0.39 is 0 Å². The molecule has 7 heteroatoms. The number of nitrogens with one attached hydrogen (secondary N) is 1. The Kier molecular flexibility index (Phi) is 5.45. The lowest BCUT2D eigenvalue weighted by atomic mass is 10.0. The Morgan fingerprint density at radius 1 is 1.21 bits per heavy atom. The largest absolute Gasteiger partial charge is 0.507 e. The van der Waals surface area contributed by atoms with E-state index in [1.54, 1.807) is 0 Å². The molecule has 2 aromatic rings. The molecule has 28 heavy (non-hydrogen) atoms. The number of β-amino-alcohol motifs (C(OH)–C–C–N with tert-alkyl or cyclic N) is 1. The maximum absolute atomic E-state index is 10.7. The first-order valence-electron chi connectivity index (χ1n) is 9.80. The fourth-order valence-electron chi connectivity index (χ4n) is 4.04. The van der Waals surface area contributed by atoms with Crippen LogP contribution in [-0.2, 0) is 0 Å². The van der Waals surface area contributed by atoms with E-state index in [9.17, 15) is 5.11 Å². The predicted octanol–water partition coefficient (Wildman–Crippen LogP) is 2.79. The van der Waals surface area contributed by atoms with Gasteiger partial charge in [0.1, 0.15) is 5.75 Å². The Morgan fingerprint density at radius 3 is 2.89 bits per heavy atom. The summed E-state index contributed by atoms with van der Waals surface area (Å²) in [5.74, 6) is 0.987. The monoisotopic (exact) mass is 381 g/mol. The standard InChI is InChI=1S/C21H27N5O2/c1-25-14-19(22-16-6-4-10-26(13-16)11-12-27)23-24-21(25)18-9-8-15-5-2-3-7-17(15)20(18)28/h2-3,5,7-9,14,16,21-22,27-28H,4,6,10-13H2,1H3/t16?,21-/m0/s1. The summed E-state index contributed by atoms with van der Waals surface area (Å²) in [4.78, 5) is 4.23. The van der Waals surface area contributed by atoms with Crippen molar-refractivity contribution in [3.05, 3.63) is 54.0 Å². The number of likely N-dealkylation sites (tertiary alicyclic amines) is 1. The number of piperidine rings is 1. The second kappa shape index (κ2) is 8.16. The molecule has 0 spiro atoms. The van der Waals surface area contributed by atoms with Crippen LogP contribution in [0, 0.1) is 0 Å². The summed E-state index contributed by atoms with van der Waals surface area (Å²) in [7, 11) is 1.94. The third-order valence-corrected chi connectivity index (χ3v) is 5.47. The lowest BCUT2D eigenvalue weighted by Crippen LogP contribution is -2.46. The number of phenolic OH excluding ortho intramolecular Hbond substituents is 1. The number of aliphatic hydroxyl groups is 1. The summed E-state index contributed by atoms with van der Waals surface area (Å²) in [6.45, 7) is 2.82. The van der Waals surface area contributed by atoms with Crippen molar-refractivity contribution in [3.63, 3.8) is 0 Å². The minimum absolute atomic E-state index is 0.189. The van der Waals surface area contributed by atoms with Crippen LogP contribution in [0.15, 0.2) is 58.6 Å². The highest BCUT2D eigenvalue weighted by Gasteiger charge is 2.25. The SMILES string of the molecule is CN1C=C(NC2CCCN(CCO)C2)N=N[C@@H]1c1ccc2ccccc2c1O. The summed E-state index contributed by atoms with van der Waals surface area (Å²) in [6.07, 6.45) is 3.77. The maximum Gasteiger partial charge on any atom is 0.171 e. The molecule has 3 N–H and O–H groups in total. The van der Waals surface area contributed by atoms with Gasteiger partial charge in [-0.25, -0.2) is 0 Å². The van der Waals surface area contributed by atoms with Crippen molar-refractivity contribution in [2.45, 2.75) is 25.0 Å². The van der Waals surface area contributed by atoms with Gasteiger partial charge < -0.3 is 20.4 Å². The summed E-state index contributed by atoms with van der Waals surface area (Å²) < 4.78 is 0. The van der Waals surface area contributed by atoms with E-state index in [1.165, 1.54) is 0 Å². The van der Waals surface area contributed by atoms with Gasteiger partial charge in [0.15, 0.2) is 12.0 Å². The van der Waals surface area contributed by atoms with Crippen molar-refractivity contribution < 1.29 is 10.2 Å². The highest BCUT2D eigenvalue weighted by molar-refractivity contribution is 5.89. The molecule has 0 aliphatic carbocycles. The highest BCUT2D eigenvalue weighted by Crippen LogP contribution is 2.37. The van der Waals surface area contributed by atoms with Gasteiger partial charge in [0, 0.05) is 43.3 Å². The number of benzene rings is 2. The van der Waals surface area contributed by atoms with Gasteiger partial charge in [0.05, 0.1) is 6.61 Å². The van der Waals surface area contributed by atoms with Crippen LogP contribution >= 0.6 is 0 Å². The predicted molar refractivity (Wildman–Crippen MR) is 109 cm³/mol. The smallest absolute Gasteiger partial charge is 0.171 e. The molecular weight excluding hydrogens is 354 g/mol. The first-order chi connectivity index (χ1) is 13.7. The molecule has 2 aromatic carbocycles. The quantitative estimate of drug-likeness (QED) is 0.742. The normalized spacial score (nSPS) is 23.1. The molecule has 1 fully saturated rings. The molecule has 0 radical (unpaired) electrons. The Hall–Kier alpha value is -2.64. The van der Waals surface area contributed by atoms with Crippen LogP contribution in [0.25, 0.3) is 10.8 Å². The van der Waals surface area contributed by atoms with Gasteiger partial charge >= 0.3 is 0 Å². The zero-order valence-corrected chi connectivity index (χ0v) is 16.1. The topological polar surface area (TPSA) is 83.7 Å². The number of rotatable bonds is 5. The highest BCUT2D eigenvalue weighted by atomic mass is 16.3. The van der Waals surface area contributed by atoms with Gasteiger partial charge in [-0.05, 0) is 24.8 Å². The average molecular weight is 381 g/mol. The Labute approximate surface area is 165 Å². The number of azo groups is 1. The number of fused-ring (bicyclic) bond motifs is 1. The molecule has 0 amide bonds. The fraction of sp³-hybridized carbons (Fsp3) is 0.429. The molecule has 1 saturated heterocycles. The first kappa shape index (κ1) is 18.7. The van der Waals surface area contributed by atoms with Gasteiger partial charge in [-0.1, -0.05) is 36.4 Å². The van der Waals surface area contributed by atoms with Gasteiger partial charge in [0.25, 0.3) is 0 Å². The molecule has 0 bridgehead atoms. The van der Waals surface area contributed by atoms with Crippen LogP contribution in [0.5, 0.6) is 5.75 Å². The third kappa shape index (κ3) is 3.81. The second-order valence-electron chi connectivity index (χ2n) is 7.50. The summed E-state index contributed by atoms with van der Waals surface area (Å²) in [5.41, 5.74) is 0.743. The molecule has 2 atom stereocenters. The van der Waals surface area contributed by atoms with Crippen molar-refractivity contribution in [1.82, 2.24) is 15.1 Å². The molecule has 0 aromatic heterocycles. The molecule has 7 nitrogen and oxygen atoms in total. The van der Waals surface area contributed by atoms with Crippen LogP contribution in [0.3, 0.4) is 0 Å². The maximum atomic E-state index is 10.7. The average Bonchev–Trinajstić information content (AvgIpc) is 2.70. The second-order valence-corrected chi connectivity index (χ2v) is 7.50. The lowest BCUT2D eigenvalue weighted by Gasteiger charge is -2.34. The molecule has 2 aliphatic rings. The van der Waals surface area contributed by atoms with E-state index in [4.69, 9.17) is 5.11 Å². The van der Waals surface area contributed by atoms with E-state index in [2.05, 4.69) is 20.4 Å². The number of aliphatic hydroxyl groups excluding tert-OH is 1. The first-order valence-corrected chi connectivity index (χ1v) is 9.80. The van der Waals surface area contributed by atoms with E-state index >= 15 is 0 Å². The minimum atomic E-state index is -0.354. The zero-order valence-electron chi connectivity index (χ0n) is 16.1. The van der Waals surface area contributed by atoms with Crippen molar-refractivity contribution in [1.29, 1.82) is 0 Å². The number of aromatic hydroxyl groups is 1. The van der Waals surface area contributed by atoms with E-state index in [1.807, 2.05) is 54.5 Å². The van der Waals surface area contributed by atoms with Gasteiger partial charge in [-0.3, -0.25) is 4.90 Å². The number of hydrogen-bond donors (Lipinski definition) is 3. The molecule has 4 rings (SSSR count). The number of phenols is 1. The van der Waals surface area contributed by atoms with E-state index in [-0.39, 0.29) is 18.5 Å². The molecule has 0 saturated carbocycles. The Bertz CT molecular complexity index is 895.